The van der Waals surface area contributed by atoms with Crippen LogP contribution in [0.3, 0.4) is 0 Å². The third-order valence-corrected chi connectivity index (χ3v) is 8.65. The predicted molar refractivity (Wildman–Crippen MR) is 125 cm³/mol. The highest BCUT2D eigenvalue weighted by atomic mass is 32.2. The molecule has 0 saturated carbocycles. The molecular weight excluding hydrogens is 368 g/mol. The van der Waals surface area contributed by atoms with E-state index in [1.807, 2.05) is 0 Å². The standard InChI is InChI=1S/C24H40OS2/c1-3-5-7-9-11-13-21-19-26-24(27-20-21)22-14-16-23(17-15-22)25-18-12-10-8-6-4-2/h14-17,21,24H,3-13,18-20H2,1-2H3. The van der Waals surface area contributed by atoms with E-state index in [1.54, 1.807) is 0 Å². The van der Waals surface area contributed by atoms with Gasteiger partial charge in [-0.2, -0.15) is 0 Å². The Labute approximate surface area is 176 Å². The van der Waals surface area contributed by atoms with Crippen LogP contribution in [0.25, 0.3) is 0 Å². The smallest absolute Gasteiger partial charge is 0.119 e. The summed E-state index contributed by atoms with van der Waals surface area (Å²) in [4.78, 5) is 0. The van der Waals surface area contributed by atoms with Crippen LogP contribution in [0.1, 0.15) is 94.6 Å². The van der Waals surface area contributed by atoms with E-state index >= 15 is 0 Å². The van der Waals surface area contributed by atoms with E-state index in [0.29, 0.717) is 4.58 Å². The van der Waals surface area contributed by atoms with E-state index in [-0.39, 0.29) is 0 Å². The van der Waals surface area contributed by atoms with Crippen LogP contribution in [0.4, 0.5) is 0 Å². The minimum atomic E-state index is 0.615. The second-order valence-electron chi connectivity index (χ2n) is 7.90. The molecule has 0 spiro atoms. The molecule has 2 rings (SSSR count). The van der Waals surface area contributed by atoms with Crippen molar-refractivity contribution in [2.24, 2.45) is 5.92 Å². The third-order valence-electron chi connectivity index (χ3n) is 5.35. The predicted octanol–water partition coefficient (Wildman–Crippen LogP) is 8.49. The Morgan fingerprint density at radius 3 is 2.00 bits per heavy atom. The number of hydrogen-bond donors (Lipinski definition) is 0. The maximum atomic E-state index is 5.90. The van der Waals surface area contributed by atoms with Crippen LogP contribution in [-0.4, -0.2) is 18.1 Å². The first-order valence-corrected chi connectivity index (χ1v) is 13.4. The Hall–Kier alpha value is -0.280. The molecule has 1 saturated heterocycles. The van der Waals surface area contributed by atoms with Crippen molar-refractivity contribution in [2.75, 3.05) is 18.1 Å². The third kappa shape index (κ3) is 9.65. The van der Waals surface area contributed by atoms with Gasteiger partial charge < -0.3 is 4.74 Å². The molecule has 1 aliphatic rings. The highest BCUT2D eigenvalue weighted by Crippen LogP contribution is 2.46. The zero-order valence-electron chi connectivity index (χ0n) is 17.6. The van der Waals surface area contributed by atoms with Gasteiger partial charge in [0.05, 0.1) is 11.2 Å². The van der Waals surface area contributed by atoms with Gasteiger partial charge in [-0.25, -0.2) is 0 Å². The maximum absolute atomic E-state index is 5.90. The van der Waals surface area contributed by atoms with Gasteiger partial charge in [-0.05, 0) is 48.0 Å². The summed E-state index contributed by atoms with van der Waals surface area (Å²) in [6.07, 6.45) is 15.0. The first-order chi connectivity index (χ1) is 13.3. The van der Waals surface area contributed by atoms with Crippen LogP contribution in [0.5, 0.6) is 5.75 Å². The topological polar surface area (TPSA) is 9.23 Å². The molecule has 0 aliphatic carbocycles. The number of benzene rings is 1. The molecule has 0 bridgehead atoms. The van der Waals surface area contributed by atoms with Crippen molar-refractivity contribution in [2.45, 2.75) is 89.1 Å². The zero-order valence-corrected chi connectivity index (χ0v) is 19.2. The first-order valence-electron chi connectivity index (χ1n) is 11.3. The lowest BCUT2D eigenvalue weighted by atomic mass is 10.0. The van der Waals surface area contributed by atoms with E-state index in [1.165, 1.54) is 87.7 Å². The molecule has 0 atom stereocenters. The van der Waals surface area contributed by atoms with Crippen LogP contribution < -0.4 is 4.74 Å². The van der Waals surface area contributed by atoms with Gasteiger partial charge in [0.2, 0.25) is 0 Å². The molecule has 1 nitrogen and oxygen atoms in total. The van der Waals surface area contributed by atoms with E-state index in [9.17, 15) is 0 Å². The average molecular weight is 409 g/mol. The normalized spacial score (nSPS) is 19.9. The molecule has 0 unspecified atom stereocenters. The fourth-order valence-electron chi connectivity index (χ4n) is 3.56. The summed E-state index contributed by atoms with van der Waals surface area (Å²) in [5.41, 5.74) is 1.46. The van der Waals surface area contributed by atoms with Crippen molar-refractivity contribution in [1.82, 2.24) is 0 Å². The monoisotopic (exact) mass is 408 g/mol. The molecule has 1 heterocycles. The van der Waals surface area contributed by atoms with Gasteiger partial charge in [0.15, 0.2) is 0 Å². The van der Waals surface area contributed by atoms with Gasteiger partial charge in [-0.15, -0.1) is 23.5 Å². The van der Waals surface area contributed by atoms with Gasteiger partial charge in [-0.3, -0.25) is 0 Å². The van der Waals surface area contributed by atoms with Gasteiger partial charge in [0.25, 0.3) is 0 Å². The summed E-state index contributed by atoms with van der Waals surface area (Å²) in [6, 6.07) is 8.90. The molecule has 1 aliphatic heterocycles. The van der Waals surface area contributed by atoms with E-state index < -0.39 is 0 Å². The number of thioether (sulfide) groups is 2. The Kier molecular flexibility index (Phi) is 12.5. The van der Waals surface area contributed by atoms with Crippen molar-refractivity contribution < 1.29 is 4.74 Å². The second-order valence-corrected chi connectivity index (χ2v) is 10.5. The summed E-state index contributed by atoms with van der Waals surface area (Å²) in [7, 11) is 0. The summed E-state index contributed by atoms with van der Waals surface area (Å²) in [6.45, 7) is 5.41. The van der Waals surface area contributed by atoms with Crippen LogP contribution in [-0.2, 0) is 0 Å². The van der Waals surface area contributed by atoms with Crippen molar-refractivity contribution >= 4 is 23.5 Å². The number of hydrogen-bond acceptors (Lipinski definition) is 3. The maximum Gasteiger partial charge on any atom is 0.119 e. The Balaban J connectivity index is 1.60. The molecule has 1 aromatic rings. The van der Waals surface area contributed by atoms with Crippen LogP contribution in [0.15, 0.2) is 24.3 Å². The minimum Gasteiger partial charge on any atom is -0.494 e. The molecule has 3 heteroatoms. The highest BCUT2D eigenvalue weighted by molar-refractivity contribution is 8.16. The summed E-state index contributed by atoms with van der Waals surface area (Å²) >= 11 is 4.30. The fraction of sp³-hybridized carbons (Fsp3) is 0.750. The lowest BCUT2D eigenvalue weighted by Crippen LogP contribution is -2.14. The molecule has 1 fully saturated rings. The second kappa shape index (κ2) is 14.7. The van der Waals surface area contributed by atoms with Gasteiger partial charge >= 0.3 is 0 Å². The van der Waals surface area contributed by atoms with Crippen molar-refractivity contribution in [3.05, 3.63) is 29.8 Å². The number of unbranched alkanes of at least 4 members (excludes halogenated alkanes) is 8. The minimum absolute atomic E-state index is 0.615. The molecule has 27 heavy (non-hydrogen) atoms. The molecule has 0 amide bonds. The van der Waals surface area contributed by atoms with Crippen LogP contribution >= 0.6 is 23.5 Å². The summed E-state index contributed by atoms with van der Waals surface area (Å²) in [5.74, 6) is 4.63. The first kappa shape index (κ1) is 23.0. The number of ether oxygens (including phenoxy) is 1. The van der Waals surface area contributed by atoms with Crippen molar-refractivity contribution in [3.63, 3.8) is 0 Å². The Bertz CT molecular complexity index is 466. The quantitative estimate of drug-likeness (QED) is 0.286. The largest absolute Gasteiger partial charge is 0.494 e. The molecule has 154 valence electrons. The lowest BCUT2D eigenvalue weighted by molar-refractivity contribution is 0.304. The number of rotatable bonds is 14. The van der Waals surface area contributed by atoms with Gasteiger partial charge in [-0.1, -0.05) is 83.8 Å². The molecular formula is C24H40OS2. The lowest BCUT2D eigenvalue weighted by Gasteiger charge is -2.28. The van der Waals surface area contributed by atoms with E-state index in [0.717, 1.165) is 18.3 Å². The summed E-state index contributed by atoms with van der Waals surface area (Å²) in [5, 5.41) is 0. The van der Waals surface area contributed by atoms with Crippen molar-refractivity contribution in [1.29, 1.82) is 0 Å². The van der Waals surface area contributed by atoms with Crippen molar-refractivity contribution in [3.8, 4) is 5.75 Å². The SMILES string of the molecule is CCCCCCCOc1ccc(C2SCC(CCCCCCC)CS2)cc1. The summed E-state index contributed by atoms with van der Waals surface area (Å²) < 4.78 is 6.52. The Morgan fingerprint density at radius 1 is 0.778 bits per heavy atom. The average Bonchev–Trinajstić information content (AvgIpc) is 2.71. The molecule has 1 aromatic carbocycles. The van der Waals surface area contributed by atoms with E-state index in [2.05, 4.69) is 61.6 Å². The van der Waals surface area contributed by atoms with E-state index in [4.69, 9.17) is 4.74 Å². The molecule has 0 N–H and O–H groups in total. The fourth-order valence-corrected chi connectivity index (χ4v) is 6.72. The molecule has 0 aromatic heterocycles. The van der Waals surface area contributed by atoms with Crippen LogP contribution in [0.2, 0.25) is 0 Å². The zero-order chi connectivity index (χ0) is 19.2. The Morgan fingerprint density at radius 2 is 1.37 bits per heavy atom. The molecule has 0 radical (unpaired) electrons. The highest BCUT2D eigenvalue weighted by Gasteiger charge is 2.23. The van der Waals surface area contributed by atoms with Crippen LogP contribution in [0, 0.1) is 5.92 Å². The van der Waals surface area contributed by atoms with Gasteiger partial charge in [0.1, 0.15) is 5.75 Å². The van der Waals surface area contributed by atoms with Gasteiger partial charge in [0, 0.05) is 0 Å².